The van der Waals surface area contributed by atoms with Crippen molar-refractivity contribution in [1.82, 2.24) is 20.2 Å². The van der Waals surface area contributed by atoms with E-state index < -0.39 is 0 Å². The van der Waals surface area contributed by atoms with Crippen LogP contribution in [0.25, 0.3) is 0 Å². The van der Waals surface area contributed by atoms with E-state index in [0.29, 0.717) is 24.0 Å². The quantitative estimate of drug-likeness (QED) is 0.670. The second-order valence-corrected chi connectivity index (χ2v) is 7.42. The number of hydrogen-bond donors (Lipinski definition) is 3. The smallest absolute Gasteiger partial charge is 0.225 e. The minimum Gasteiger partial charge on any atom is -0.470 e. The van der Waals surface area contributed by atoms with Crippen LogP contribution in [0, 0.1) is 5.92 Å². The van der Waals surface area contributed by atoms with Crippen molar-refractivity contribution in [2.24, 2.45) is 5.92 Å². The van der Waals surface area contributed by atoms with Gasteiger partial charge in [-0.05, 0) is 38.8 Å². The summed E-state index contributed by atoms with van der Waals surface area (Å²) in [5.74, 6) is 1.54. The van der Waals surface area contributed by atoms with Gasteiger partial charge in [0.1, 0.15) is 11.4 Å². The van der Waals surface area contributed by atoms with Crippen molar-refractivity contribution in [3.05, 3.63) is 5.56 Å². The maximum Gasteiger partial charge on any atom is 0.225 e. The molecule has 1 unspecified atom stereocenters. The van der Waals surface area contributed by atoms with Crippen LogP contribution in [0.3, 0.4) is 0 Å². The number of likely N-dealkylation sites (tertiary alicyclic amines) is 1. The molecule has 1 aromatic heterocycles. The van der Waals surface area contributed by atoms with Crippen molar-refractivity contribution in [1.29, 1.82) is 0 Å². The molecule has 1 atom stereocenters. The molecule has 3 aliphatic rings. The number of anilines is 2. The van der Waals surface area contributed by atoms with Crippen molar-refractivity contribution < 1.29 is 9.53 Å². The van der Waals surface area contributed by atoms with E-state index in [4.69, 9.17) is 16.2 Å². The molecular formula is C17H26N6O2. The van der Waals surface area contributed by atoms with Gasteiger partial charge in [-0.25, -0.2) is 0 Å². The number of nitrogens with two attached hydrogens (primary N) is 2. The molecule has 25 heavy (non-hydrogen) atoms. The highest BCUT2D eigenvalue weighted by Gasteiger charge is 2.43. The number of ether oxygens (including phenoxy) is 1. The van der Waals surface area contributed by atoms with Crippen molar-refractivity contribution in [2.45, 2.75) is 44.1 Å². The van der Waals surface area contributed by atoms with Gasteiger partial charge in [0, 0.05) is 31.8 Å². The molecule has 2 fully saturated rings. The third-order valence-electron chi connectivity index (χ3n) is 5.73. The number of piperidine rings is 1. The molecule has 8 nitrogen and oxygen atoms in total. The number of amides is 1. The monoisotopic (exact) mass is 346 g/mol. The maximum absolute atomic E-state index is 12.8. The Hall–Kier alpha value is -2.09. The predicted octanol–water partition coefficient (Wildman–Crippen LogP) is 0.327. The summed E-state index contributed by atoms with van der Waals surface area (Å²) in [6, 6.07) is 0. The summed E-state index contributed by atoms with van der Waals surface area (Å²) in [6.45, 7) is 3.39. The van der Waals surface area contributed by atoms with Gasteiger partial charge in [0.15, 0.2) is 0 Å². The topological polar surface area (TPSA) is 119 Å². The molecule has 1 spiro atoms. The largest absolute Gasteiger partial charge is 0.470 e. The lowest BCUT2D eigenvalue weighted by Crippen LogP contribution is -2.42. The van der Waals surface area contributed by atoms with Crippen LogP contribution in [0.4, 0.5) is 11.8 Å². The minimum absolute atomic E-state index is 0.143. The van der Waals surface area contributed by atoms with E-state index in [1.165, 1.54) is 0 Å². The van der Waals surface area contributed by atoms with E-state index in [0.717, 1.165) is 63.8 Å². The lowest BCUT2D eigenvalue weighted by molar-refractivity contribution is -0.136. The predicted molar refractivity (Wildman–Crippen MR) is 93.9 cm³/mol. The molecule has 0 aromatic carbocycles. The Morgan fingerprint density at radius 2 is 2.00 bits per heavy atom. The number of nitrogens with zero attached hydrogens (tertiary/aromatic N) is 3. The van der Waals surface area contributed by atoms with Gasteiger partial charge in [0.2, 0.25) is 17.7 Å². The molecule has 0 aliphatic carbocycles. The molecule has 2 saturated heterocycles. The summed E-state index contributed by atoms with van der Waals surface area (Å²) in [5, 5.41) is 3.32. The van der Waals surface area contributed by atoms with Crippen LogP contribution in [-0.2, 0) is 11.2 Å². The van der Waals surface area contributed by atoms with Crippen molar-refractivity contribution >= 4 is 17.7 Å². The average molecular weight is 346 g/mol. The van der Waals surface area contributed by atoms with E-state index in [-0.39, 0.29) is 17.5 Å². The van der Waals surface area contributed by atoms with E-state index in [1.807, 2.05) is 4.90 Å². The van der Waals surface area contributed by atoms with Gasteiger partial charge in [-0.1, -0.05) is 0 Å². The van der Waals surface area contributed by atoms with Crippen LogP contribution >= 0.6 is 0 Å². The molecule has 3 aliphatic heterocycles. The lowest BCUT2D eigenvalue weighted by atomic mass is 9.90. The number of aromatic nitrogens is 2. The molecule has 4 heterocycles. The number of nitrogens with one attached hydrogen (secondary N) is 1. The zero-order chi connectivity index (χ0) is 17.4. The third kappa shape index (κ3) is 3.10. The second-order valence-electron chi connectivity index (χ2n) is 7.42. The van der Waals surface area contributed by atoms with Gasteiger partial charge >= 0.3 is 0 Å². The van der Waals surface area contributed by atoms with Gasteiger partial charge < -0.3 is 26.4 Å². The van der Waals surface area contributed by atoms with Crippen LogP contribution in [0.2, 0.25) is 0 Å². The molecule has 1 aromatic rings. The molecule has 136 valence electrons. The fraction of sp³-hybridized carbons (Fsp3) is 0.706. The molecular weight excluding hydrogens is 320 g/mol. The number of fused-ring (bicyclic) bond motifs is 1. The highest BCUT2D eigenvalue weighted by molar-refractivity contribution is 5.79. The molecule has 4 rings (SSSR count). The first-order valence-corrected chi connectivity index (χ1v) is 9.17. The minimum atomic E-state index is -0.331. The van der Waals surface area contributed by atoms with Gasteiger partial charge in [0.05, 0.1) is 5.56 Å². The summed E-state index contributed by atoms with van der Waals surface area (Å²) in [5.41, 5.74) is 12.2. The Kier molecular flexibility index (Phi) is 4.15. The van der Waals surface area contributed by atoms with Crippen LogP contribution in [0.15, 0.2) is 0 Å². The summed E-state index contributed by atoms with van der Waals surface area (Å²) in [6.07, 6.45) is 5.18. The van der Waals surface area contributed by atoms with Crippen molar-refractivity contribution in [3.63, 3.8) is 0 Å². The Morgan fingerprint density at radius 3 is 2.80 bits per heavy atom. The van der Waals surface area contributed by atoms with Crippen LogP contribution in [0.1, 0.15) is 37.7 Å². The highest BCUT2D eigenvalue weighted by Crippen LogP contribution is 2.42. The van der Waals surface area contributed by atoms with Crippen LogP contribution in [-0.4, -0.2) is 52.6 Å². The van der Waals surface area contributed by atoms with Crippen molar-refractivity contribution in [2.75, 3.05) is 37.6 Å². The van der Waals surface area contributed by atoms with E-state index in [1.54, 1.807) is 0 Å². The number of carbonyl (C=O) groups excluding carboxylic acids is 1. The number of nitrogen functional groups attached to an aromatic ring is 2. The lowest BCUT2D eigenvalue weighted by Gasteiger charge is -2.30. The first kappa shape index (κ1) is 16.4. The highest BCUT2D eigenvalue weighted by atomic mass is 16.5. The standard InChI is InChI=1S/C17H26N6O2/c18-13-12-10-17(25-14(12)22-16(19)21-13)4-1-8-23(9-5-17)15(24)11-2-6-20-7-3-11/h11,20H,1-10H2,(H4,18,19,21,22). The molecule has 0 radical (unpaired) electrons. The summed E-state index contributed by atoms with van der Waals surface area (Å²) in [4.78, 5) is 23.1. The average Bonchev–Trinajstić information content (AvgIpc) is 2.84. The van der Waals surface area contributed by atoms with Crippen molar-refractivity contribution in [3.8, 4) is 5.88 Å². The first-order chi connectivity index (χ1) is 12.1. The Labute approximate surface area is 147 Å². The SMILES string of the molecule is Nc1nc(N)c2c(n1)OC1(CCCN(C(=O)C3CCNCC3)CC1)C2. The zero-order valence-electron chi connectivity index (χ0n) is 14.5. The Bertz CT molecular complexity index is 675. The summed E-state index contributed by atoms with van der Waals surface area (Å²) < 4.78 is 6.19. The number of rotatable bonds is 1. The van der Waals surface area contributed by atoms with E-state index >= 15 is 0 Å². The van der Waals surface area contributed by atoms with Crippen LogP contribution < -0.4 is 21.5 Å². The number of carbonyl (C=O) groups is 1. The Morgan fingerprint density at radius 1 is 1.20 bits per heavy atom. The molecule has 0 bridgehead atoms. The van der Waals surface area contributed by atoms with Gasteiger partial charge in [-0.2, -0.15) is 9.97 Å². The molecule has 5 N–H and O–H groups in total. The van der Waals surface area contributed by atoms with E-state index in [2.05, 4.69) is 15.3 Å². The van der Waals surface area contributed by atoms with Crippen LogP contribution in [0.5, 0.6) is 5.88 Å². The summed E-state index contributed by atoms with van der Waals surface area (Å²) in [7, 11) is 0. The third-order valence-corrected chi connectivity index (χ3v) is 5.73. The number of hydrogen-bond acceptors (Lipinski definition) is 7. The molecule has 8 heteroatoms. The first-order valence-electron chi connectivity index (χ1n) is 9.17. The molecule has 0 saturated carbocycles. The van der Waals surface area contributed by atoms with Gasteiger partial charge in [0.25, 0.3) is 0 Å². The summed E-state index contributed by atoms with van der Waals surface area (Å²) >= 11 is 0. The fourth-order valence-corrected chi connectivity index (χ4v) is 4.30. The zero-order valence-corrected chi connectivity index (χ0v) is 14.5. The Balaban J connectivity index is 1.45. The normalized spacial score (nSPS) is 27.0. The second kappa shape index (κ2) is 6.33. The maximum atomic E-state index is 12.8. The fourth-order valence-electron chi connectivity index (χ4n) is 4.30. The van der Waals surface area contributed by atoms with Gasteiger partial charge in [-0.3, -0.25) is 4.79 Å². The molecule has 1 amide bonds. The van der Waals surface area contributed by atoms with Gasteiger partial charge in [-0.15, -0.1) is 0 Å². The van der Waals surface area contributed by atoms with E-state index in [9.17, 15) is 4.79 Å².